The van der Waals surface area contributed by atoms with E-state index in [2.05, 4.69) is 0 Å². The van der Waals surface area contributed by atoms with Crippen molar-refractivity contribution in [2.45, 2.75) is 19.1 Å². The molecule has 0 fully saturated rings. The minimum Gasteiger partial charge on any atom is -0.505 e. The highest BCUT2D eigenvalue weighted by atomic mass is 16.6. The second-order valence-electron chi connectivity index (χ2n) is 5.24. The molecule has 0 spiro atoms. The number of carbonyl (C=O) groups excluding carboxylic acids is 1. The van der Waals surface area contributed by atoms with Crippen LogP contribution in [-0.2, 0) is 26.5 Å². The fourth-order valence-corrected chi connectivity index (χ4v) is 2.40. The quantitative estimate of drug-likeness (QED) is 0.878. The third-order valence-corrected chi connectivity index (χ3v) is 3.70. The van der Waals surface area contributed by atoms with Crippen molar-refractivity contribution in [3.8, 4) is 0 Å². The van der Waals surface area contributed by atoms with Crippen molar-refractivity contribution >= 4 is 5.97 Å². The minimum atomic E-state index is -1.20. The highest BCUT2D eigenvalue weighted by Crippen LogP contribution is 2.40. The molecule has 0 aromatic heterocycles. The van der Waals surface area contributed by atoms with Gasteiger partial charge in [0, 0.05) is 5.56 Å². The van der Waals surface area contributed by atoms with Crippen molar-refractivity contribution in [3.05, 3.63) is 83.3 Å². The van der Waals surface area contributed by atoms with Crippen molar-refractivity contribution in [2.75, 3.05) is 0 Å². The summed E-state index contributed by atoms with van der Waals surface area (Å²) >= 11 is 0. The Morgan fingerprint density at radius 1 is 1.05 bits per heavy atom. The van der Waals surface area contributed by atoms with Crippen LogP contribution in [-0.4, -0.2) is 11.1 Å². The van der Waals surface area contributed by atoms with Crippen LogP contribution in [0.4, 0.5) is 0 Å². The molecule has 1 N–H and O–H groups in total. The van der Waals surface area contributed by atoms with Crippen molar-refractivity contribution in [2.24, 2.45) is 0 Å². The molecule has 2 aromatic rings. The van der Waals surface area contributed by atoms with Gasteiger partial charge in [0.25, 0.3) is 0 Å². The zero-order valence-electron chi connectivity index (χ0n) is 12.2. The molecule has 0 aliphatic carbocycles. The van der Waals surface area contributed by atoms with Gasteiger partial charge in [-0.15, -0.1) is 0 Å². The van der Waals surface area contributed by atoms with Crippen molar-refractivity contribution < 1.29 is 19.4 Å². The van der Waals surface area contributed by atoms with Crippen LogP contribution in [0.3, 0.4) is 0 Å². The molecular weight excluding hydrogens is 280 g/mol. The Morgan fingerprint density at radius 2 is 1.64 bits per heavy atom. The summed E-state index contributed by atoms with van der Waals surface area (Å²) in [7, 11) is 0. The lowest BCUT2D eigenvalue weighted by atomic mass is 9.94. The lowest BCUT2D eigenvalue weighted by Crippen LogP contribution is -2.25. The van der Waals surface area contributed by atoms with E-state index in [9.17, 15) is 9.90 Å². The predicted octanol–water partition coefficient (Wildman–Crippen LogP) is 3.45. The van der Waals surface area contributed by atoms with Crippen LogP contribution < -0.4 is 0 Å². The lowest BCUT2D eigenvalue weighted by Gasteiger charge is -2.22. The van der Waals surface area contributed by atoms with Crippen molar-refractivity contribution in [3.63, 3.8) is 0 Å². The van der Waals surface area contributed by atoms with E-state index in [4.69, 9.17) is 9.47 Å². The van der Waals surface area contributed by atoms with Gasteiger partial charge in [-0.05, 0) is 12.5 Å². The molecule has 2 aromatic carbocycles. The molecule has 22 heavy (non-hydrogen) atoms. The second-order valence-corrected chi connectivity index (χ2v) is 5.24. The Hall–Kier alpha value is -2.75. The monoisotopic (exact) mass is 296 g/mol. The fraction of sp³-hybridized carbons (Fsp3) is 0.167. The third kappa shape index (κ3) is 2.44. The first-order valence-corrected chi connectivity index (χ1v) is 7.00. The maximum absolute atomic E-state index is 12.0. The molecule has 4 heteroatoms. The summed E-state index contributed by atoms with van der Waals surface area (Å²) in [5.41, 5.74) is 0.396. The van der Waals surface area contributed by atoms with Gasteiger partial charge in [-0.25, -0.2) is 4.79 Å². The number of benzene rings is 2. The molecule has 0 saturated carbocycles. The summed E-state index contributed by atoms with van der Waals surface area (Å²) in [6.07, 6.45) is 0. The van der Waals surface area contributed by atoms with Gasteiger partial charge in [-0.1, -0.05) is 60.7 Å². The smallest absolute Gasteiger partial charge is 0.378 e. The van der Waals surface area contributed by atoms with Gasteiger partial charge in [-0.2, -0.15) is 0 Å². The Balaban J connectivity index is 1.85. The van der Waals surface area contributed by atoms with Crippen molar-refractivity contribution in [1.29, 1.82) is 0 Å². The van der Waals surface area contributed by atoms with Crippen LogP contribution in [0, 0.1) is 0 Å². The number of cyclic esters (lactones) is 1. The molecule has 0 saturated heterocycles. The Labute approximate surface area is 128 Å². The summed E-state index contributed by atoms with van der Waals surface area (Å²) in [6, 6.07) is 18.5. The fourth-order valence-electron chi connectivity index (χ4n) is 2.40. The molecular formula is C18H16O4. The number of rotatable bonds is 4. The molecule has 0 amide bonds. The maximum atomic E-state index is 12.0. The van der Waals surface area contributed by atoms with Gasteiger partial charge in [-0.3, -0.25) is 0 Å². The van der Waals surface area contributed by atoms with Gasteiger partial charge in [0.05, 0.1) is 0 Å². The molecule has 0 bridgehead atoms. The second kappa shape index (κ2) is 5.56. The van der Waals surface area contributed by atoms with E-state index in [0.29, 0.717) is 5.56 Å². The van der Waals surface area contributed by atoms with Crippen LogP contribution in [0.5, 0.6) is 0 Å². The molecule has 1 heterocycles. The molecule has 1 unspecified atom stereocenters. The Kier molecular flexibility index (Phi) is 3.59. The van der Waals surface area contributed by atoms with Gasteiger partial charge in [0.15, 0.2) is 11.4 Å². The Morgan fingerprint density at radius 3 is 2.27 bits per heavy atom. The van der Waals surface area contributed by atoms with E-state index in [1.54, 1.807) is 19.1 Å². The Bertz CT molecular complexity index is 706. The first kappa shape index (κ1) is 14.2. The largest absolute Gasteiger partial charge is 0.505 e. The zero-order chi connectivity index (χ0) is 15.6. The van der Waals surface area contributed by atoms with Crippen LogP contribution in [0.15, 0.2) is 72.2 Å². The molecule has 4 nitrogen and oxygen atoms in total. The number of aliphatic hydroxyl groups is 1. The predicted molar refractivity (Wildman–Crippen MR) is 80.8 cm³/mol. The van der Waals surface area contributed by atoms with E-state index < -0.39 is 11.6 Å². The molecule has 0 radical (unpaired) electrons. The molecule has 1 aliphatic rings. The lowest BCUT2D eigenvalue weighted by molar-refractivity contribution is -0.150. The molecule has 3 rings (SSSR count). The number of carbonyl (C=O) groups is 1. The average molecular weight is 296 g/mol. The van der Waals surface area contributed by atoms with Gasteiger partial charge in [0.1, 0.15) is 6.61 Å². The zero-order valence-corrected chi connectivity index (χ0v) is 12.2. The van der Waals surface area contributed by atoms with Crippen LogP contribution in [0.2, 0.25) is 0 Å². The first-order valence-electron chi connectivity index (χ1n) is 7.00. The maximum Gasteiger partial charge on any atom is 0.378 e. The molecule has 1 atom stereocenters. The standard InChI is InChI=1S/C18H16O4/c1-18(14-10-6-3-7-11-14)16(19)15(17(20)22-18)21-12-13-8-4-2-5-9-13/h2-11,19H,12H2,1H3. The van der Waals surface area contributed by atoms with Gasteiger partial charge < -0.3 is 14.6 Å². The summed E-state index contributed by atoms with van der Waals surface area (Å²) in [6.45, 7) is 1.84. The van der Waals surface area contributed by atoms with E-state index in [0.717, 1.165) is 5.56 Å². The van der Waals surface area contributed by atoms with Gasteiger partial charge >= 0.3 is 5.97 Å². The topological polar surface area (TPSA) is 55.8 Å². The van der Waals surface area contributed by atoms with E-state index in [1.165, 1.54) is 0 Å². The number of hydrogen-bond donors (Lipinski definition) is 1. The summed E-state index contributed by atoms with van der Waals surface area (Å²) in [5.74, 6) is -0.977. The molecule has 1 aliphatic heterocycles. The summed E-state index contributed by atoms with van der Waals surface area (Å²) in [4.78, 5) is 12.0. The average Bonchev–Trinajstić information content (AvgIpc) is 2.78. The number of esters is 1. The summed E-state index contributed by atoms with van der Waals surface area (Å²) in [5, 5.41) is 10.4. The highest BCUT2D eigenvalue weighted by Gasteiger charge is 2.47. The number of hydrogen-bond acceptors (Lipinski definition) is 4. The van der Waals surface area contributed by atoms with Crippen LogP contribution >= 0.6 is 0 Å². The van der Waals surface area contributed by atoms with Crippen LogP contribution in [0.25, 0.3) is 0 Å². The van der Waals surface area contributed by atoms with Crippen LogP contribution in [0.1, 0.15) is 18.1 Å². The molecule has 112 valence electrons. The van der Waals surface area contributed by atoms with E-state index in [1.807, 2.05) is 48.5 Å². The first-order chi connectivity index (χ1) is 10.6. The minimum absolute atomic E-state index is 0.129. The highest BCUT2D eigenvalue weighted by molar-refractivity contribution is 5.90. The third-order valence-electron chi connectivity index (χ3n) is 3.70. The van der Waals surface area contributed by atoms with E-state index in [-0.39, 0.29) is 18.1 Å². The number of ether oxygens (including phenoxy) is 2. The summed E-state index contributed by atoms with van der Waals surface area (Å²) < 4.78 is 10.8. The normalized spacial score (nSPS) is 20.9. The van der Waals surface area contributed by atoms with E-state index >= 15 is 0 Å². The van der Waals surface area contributed by atoms with Gasteiger partial charge in [0.2, 0.25) is 5.76 Å². The number of aliphatic hydroxyl groups excluding tert-OH is 1. The van der Waals surface area contributed by atoms with Crippen molar-refractivity contribution in [1.82, 2.24) is 0 Å². The SMILES string of the molecule is CC1(c2ccccc2)OC(=O)C(OCc2ccccc2)=C1O.